The van der Waals surface area contributed by atoms with Crippen LogP contribution in [-0.2, 0) is 28.7 Å². The number of thioether (sulfide) groups is 1. The Morgan fingerprint density at radius 2 is 1.87 bits per heavy atom. The molecule has 8 nitrogen and oxygen atoms in total. The first-order chi connectivity index (χ1) is 14.9. The number of hydrogen-bond acceptors (Lipinski definition) is 7. The van der Waals surface area contributed by atoms with Crippen molar-refractivity contribution in [2.75, 3.05) is 14.1 Å². The Bertz CT molecular complexity index is 1300. The number of imidazole rings is 1. The van der Waals surface area contributed by atoms with Gasteiger partial charge in [0.05, 0.1) is 28.1 Å². The van der Waals surface area contributed by atoms with Crippen molar-refractivity contribution in [1.29, 1.82) is 0 Å². The van der Waals surface area contributed by atoms with E-state index in [-0.39, 0.29) is 4.90 Å². The van der Waals surface area contributed by atoms with Crippen molar-refractivity contribution >= 4 is 32.8 Å². The quantitative estimate of drug-likeness (QED) is 0.373. The molecule has 0 aliphatic carbocycles. The van der Waals surface area contributed by atoms with Crippen molar-refractivity contribution in [3.63, 3.8) is 0 Å². The minimum absolute atomic E-state index is 0.229. The van der Waals surface area contributed by atoms with Crippen LogP contribution < -0.4 is 0 Å². The van der Waals surface area contributed by atoms with Gasteiger partial charge < -0.3 is 8.98 Å². The minimum Gasteiger partial charge on any atom is -0.416 e. The number of sulfonamides is 1. The lowest BCUT2D eigenvalue weighted by atomic mass is 10.2. The van der Waals surface area contributed by atoms with Gasteiger partial charge in [-0.2, -0.15) is 0 Å². The van der Waals surface area contributed by atoms with Crippen LogP contribution in [0.15, 0.2) is 63.1 Å². The molecule has 0 spiro atoms. The van der Waals surface area contributed by atoms with Crippen molar-refractivity contribution in [3.8, 4) is 0 Å². The molecule has 0 N–H and O–H groups in total. The van der Waals surface area contributed by atoms with Gasteiger partial charge in [-0.1, -0.05) is 42.1 Å². The maximum absolute atomic E-state index is 12.4. The molecule has 0 radical (unpaired) electrons. The van der Waals surface area contributed by atoms with Gasteiger partial charge >= 0.3 is 0 Å². The lowest BCUT2D eigenvalue weighted by molar-refractivity contribution is 0.420. The fourth-order valence-corrected chi connectivity index (χ4v) is 4.91. The molecule has 0 saturated carbocycles. The van der Waals surface area contributed by atoms with Gasteiger partial charge in [-0.3, -0.25) is 0 Å². The summed E-state index contributed by atoms with van der Waals surface area (Å²) in [5.41, 5.74) is 2.65. The fourth-order valence-electron chi connectivity index (χ4n) is 3.26. The molecule has 162 valence electrons. The molecule has 0 bridgehead atoms. The van der Waals surface area contributed by atoms with Gasteiger partial charge in [0.25, 0.3) is 5.22 Å². The van der Waals surface area contributed by atoms with E-state index in [0.717, 1.165) is 23.4 Å². The zero-order valence-corrected chi connectivity index (χ0v) is 19.2. The summed E-state index contributed by atoms with van der Waals surface area (Å²) in [6, 6.07) is 15.0. The van der Waals surface area contributed by atoms with E-state index in [1.165, 1.54) is 30.2 Å². The molecule has 0 amide bonds. The van der Waals surface area contributed by atoms with Crippen LogP contribution in [0.3, 0.4) is 0 Å². The van der Waals surface area contributed by atoms with Crippen molar-refractivity contribution in [1.82, 2.24) is 24.1 Å². The first kappa shape index (κ1) is 21.5. The van der Waals surface area contributed by atoms with E-state index in [4.69, 9.17) is 4.42 Å². The number of aryl methyl sites for hydroxylation is 1. The summed E-state index contributed by atoms with van der Waals surface area (Å²) < 4.78 is 33.9. The van der Waals surface area contributed by atoms with E-state index >= 15 is 0 Å². The van der Waals surface area contributed by atoms with Crippen molar-refractivity contribution in [2.24, 2.45) is 0 Å². The van der Waals surface area contributed by atoms with Crippen LogP contribution in [0.25, 0.3) is 11.0 Å². The summed E-state index contributed by atoms with van der Waals surface area (Å²) in [5.74, 6) is 1.92. The predicted molar refractivity (Wildman–Crippen MR) is 119 cm³/mol. The Kier molecular flexibility index (Phi) is 6.12. The third-order valence-electron chi connectivity index (χ3n) is 4.86. The van der Waals surface area contributed by atoms with Crippen LogP contribution in [0.2, 0.25) is 0 Å². The molecular formula is C21H23N5O3S2. The highest BCUT2D eigenvalue weighted by atomic mass is 32.2. The molecule has 31 heavy (non-hydrogen) atoms. The van der Waals surface area contributed by atoms with E-state index in [0.29, 0.717) is 28.8 Å². The van der Waals surface area contributed by atoms with E-state index in [1.54, 1.807) is 18.2 Å². The van der Waals surface area contributed by atoms with E-state index in [9.17, 15) is 8.42 Å². The van der Waals surface area contributed by atoms with E-state index in [1.807, 2.05) is 37.3 Å². The van der Waals surface area contributed by atoms with Crippen LogP contribution in [0, 0.1) is 0 Å². The zero-order chi connectivity index (χ0) is 22.0. The highest BCUT2D eigenvalue weighted by molar-refractivity contribution is 7.98. The second-order valence-corrected chi connectivity index (χ2v) is 10.2. The van der Waals surface area contributed by atoms with Gasteiger partial charge in [-0.25, -0.2) is 17.7 Å². The molecule has 0 unspecified atom stereocenters. The topological polar surface area (TPSA) is 94.1 Å². The molecule has 2 aromatic carbocycles. The first-order valence-electron chi connectivity index (χ1n) is 9.79. The molecule has 4 rings (SSSR count). The number of aromatic nitrogens is 4. The molecule has 0 saturated heterocycles. The molecule has 10 heteroatoms. The summed E-state index contributed by atoms with van der Waals surface area (Å²) in [6.07, 6.45) is 0.588. The average molecular weight is 458 g/mol. The summed E-state index contributed by atoms with van der Waals surface area (Å²) >= 11 is 1.41. The lowest BCUT2D eigenvalue weighted by Crippen LogP contribution is -2.22. The van der Waals surface area contributed by atoms with Crippen LogP contribution in [-0.4, -0.2) is 46.6 Å². The second-order valence-electron chi connectivity index (χ2n) is 7.12. The van der Waals surface area contributed by atoms with Crippen LogP contribution in [0.5, 0.6) is 0 Å². The summed E-state index contributed by atoms with van der Waals surface area (Å²) in [5, 5.41) is 8.74. The molecule has 0 fully saturated rings. The van der Waals surface area contributed by atoms with Crippen molar-refractivity contribution in [3.05, 3.63) is 65.8 Å². The molecule has 0 aliphatic heterocycles. The maximum Gasteiger partial charge on any atom is 0.277 e. The highest BCUT2D eigenvalue weighted by Crippen LogP contribution is 2.26. The molecule has 4 aromatic rings. The summed E-state index contributed by atoms with van der Waals surface area (Å²) in [7, 11) is -0.478. The second kappa shape index (κ2) is 8.81. The van der Waals surface area contributed by atoms with Crippen molar-refractivity contribution < 1.29 is 12.8 Å². The third kappa shape index (κ3) is 4.51. The number of rotatable bonds is 8. The smallest absolute Gasteiger partial charge is 0.277 e. The third-order valence-corrected chi connectivity index (χ3v) is 7.49. The maximum atomic E-state index is 12.4. The summed E-state index contributed by atoms with van der Waals surface area (Å²) in [4.78, 5) is 4.91. The number of benzene rings is 2. The average Bonchev–Trinajstić information content (AvgIpc) is 3.35. The molecule has 0 aliphatic rings. The van der Waals surface area contributed by atoms with E-state index < -0.39 is 10.0 Å². The number of fused-ring (bicyclic) bond motifs is 1. The van der Waals surface area contributed by atoms with Gasteiger partial charge in [0.2, 0.25) is 15.9 Å². The van der Waals surface area contributed by atoms with E-state index in [2.05, 4.69) is 19.7 Å². The number of nitrogens with zero attached hydrogens (tertiary/aromatic N) is 5. The largest absolute Gasteiger partial charge is 0.416 e. The molecule has 0 atom stereocenters. The highest BCUT2D eigenvalue weighted by Gasteiger charge is 2.20. The predicted octanol–water partition coefficient (Wildman–Crippen LogP) is 3.57. The van der Waals surface area contributed by atoms with Crippen LogP contribution in [0.1, 0.15) is 24.2 Å². The Balaban J connectivity index is 1.53. The monoisotopic (exact) mass is 457 g/mol. The Morgan fingerprint density at radius 3 is 2.58 bits per heavy atom. The van der Waals surface area contributed by atoms with Gasteiger partial charge in [0.15, 0.2) is 0 Å². The first-order valence-corrected chi connectivity index (χ1v) is 12.2. The molecular weight excluding hydrogens is 434 g/mol. The van der Waals surface area contributed by atoms with Crippen molar-refractivity contribution in [2.45, 2.75) is 35.8 Å². The lowest BCUT2D eigenvalue weighted by Gasteiger charge is -2.11. The normalized spacial score (nSPS) is 12.1. The van der Waals surface area contributed by atoms with Gasteiger partial charge in [0.1, 0.15) is 5.82 Å². The Hall–Kier alpha value is -2.69. The fraction of sp³-hybridized carbons (Fsp3) is 0.286. The standard InChI is InChI=1S/C21H23N5O3S2/c1-4-26-18-11-10-16(31(27,28)25(2)3)13-17(18)22-19(26)14-30-21-24-23-20(29-21)12-15-8-6-5-7-9-15/h5-11,13H,4,12,14H2,1-3H3. The Labute approximate surface area is 185 Å². The SMILES string of the molecule is CCn1c(CSc2nnc(Cc3ccccc3)o2)nc2cc(S(=O)(=O)N(C)C)ccc21. The number of hydrogen-bond donors (Lipinski definition) is 0. The van der Waals surface area contributed by atoms with Gasteiger partial charge in [-0.15, -0.1) is 10.2 Å². The molecule has 2 aromatic heterocycles. The zero-order valence-electron chi connectivity index (χ0n) is 17.5. The van der Waals surface area contributed by atoms with Gasteiger partial charge in [-0.05, 0) is 30.7 Å². The molecule has 2 heterocycles. The van der Waals surface area contributed by atoms with Crippen LogP contribution in [0.4, 0.5) is 0 Å². The minimum atomic E-state index is -3.51. The van der Waals surface area contributed by atoms with Crippen LogP contribution >= 0.6 is 11.8 Å². The Morgan fingerprint density at radius 1 is 1.10 bits per heavy atom. The van der Waals surface area contributed by atoms with Gasteiger partial charge in [0, 0.05) is 20.6 Å². The summed E-state index contributed by atoms with van der Waals surface area (Å²) in [6.45, 7) is 2.75.